The third-order valence-electron chi connectivity index (χ3n) is 1.25. The van der Waals surface area contributed by atoms with Gasteiger partial charge in [0.2, 0.25) is 0 Å². The molecule has 2 heteroatoms. The van der Waals surface area contributed by atoms with E-state index in [0.717, 1.165) is 19.4 Å². The van der Waals surface area contributed by atoms with Gasteiger partial charge >= 0.3 is 0 Å². The number of hydrogen-bond acceptors (Lipinski definition) is 2. The van der Waals surface area contributed by atoms with Crippen LogP contribution in [0.25, 0.3) is 0 Å². The van der Waals surface area contributed by atoms with Crippen LogP contribution in [0.4, 0.5) is 0 Å². The van der Waals surface area contributed by atoms with Crippen molar-refractivity contribution in [1.29, 1.82) is 0 Å². The average molecular weight is 128 g/mol. The minimum absolute atomic E-state index is 0.0139. The third kappa shape index (κ3) is 2.06. The van der Waals surface area contributed by atoms with Crippen LogP contribution >= 0.6 is 0 Å². The van der Waals surface area contributed by atoms with Crippen molar-refractivity contribution in [3.63, 3.8) is 0 Å². The van der Waals surface area contributed by atoms with E-state index in [0.29, 0.717) is 0 Å². The summed E-state index contributed by atoms with van der Waals surface area (Å²) in [7, 11) is 0. The maximum Gasteiger partial charge on any atom is 0.199 e. The quantitative estimate of drug-likeness (QED) is 0.563. The smallest absolute Gasteiger partial charge is 0.199 e. The first-order valence-electron chi connectivity index (χ1n) is 3.35. The first-order chi connectivity index (χ1) is 4.43. The zero-order valence-electron chi connectivity index (χ0n) is 5.67. The molecule has 1 unspecified atom stereocenters. The molecule has 0 aromatic heterocycles. The van der Waals surface area contributed by atoms with E-state index >= 15 is 0 Å². The highest BCUT2D eigenvalue weighted by molar-refractivity contribution is 4.78. The standard InChI is InChI=1S/C7H12O2/c1-2-8-7-5-3-4-6-9-7/h4,6-7H,2-3,5H2,1H3. The molecular formula is C7H12O2. The second kappa shape index (κ2) is 3.51. The van der Waals surface area contributed by atoms with Gasteiger partial charge in [-0.25, -0.2) is 0 Å². The van der Waals surface area contributed by atoms with E-state index in [4.69, 9.17) is 9.47 Å². The molecule has 0 spiro atoms. The van der Waals surface area contributed by atoms with Crippen molar-refractivity contribution in [3.05, 3.63) is 12.3 Å². The lowest BCUT2D eigenvalue weighted by Gasteiger charge is -2.18. The Hall–Kier alpha value is -0.500. The molecule has 1 rings (SSSR count). The van der Waals surface area contributed by atoms with E-state index in [2.05, 4.69) is 0 Å². The Morgan fingerprint density at radius 1 is 1.78 bits per heavy atom. The van der Waals surface area contributed by atoms with Crippen molar-refractivity contribution in [2.24, 2.45) is 0 Å². The molecule has 9 heavy (non-hydrogen) atoms. The van der Waals surface area contributed by atoms with Crippen molar-refractivity contribution in [1.82, 2.24) is 0 Å². The lowest BCUT2D eigenvalue weighted by molar-refractivity contribution is -0.111. The molecule has 0 amide bonds. The highest BCUT2D eigenvalue weighted by Gasteiger charge is 2.08. The first-order valence-corrected chi connectivity index (χ1v) is 3.35. The van der Waals surface area contributed by atoms with Gasteiger partial charge in [-0.2, -0.15) is 0 Å². The van der Waals surface area contributed by atoms with Gasteiger partial charge in [-0.3, -0.25) is 0 Å². The van der Waals surface area contributed by atoms with E-state index in [-0.39, 0.29) is 6.29 Å². The normalized spacial score (nSPS) is 25.7. The van der Waals surface area contributed by atoms with Gasteiger partial charge in [0.15, 0.2) is 6.29 Å². The van der Waals surface area contributed by atoms with Crippen molar-refractivity contribution in [2.45, 2.75) is 26.1 Å². The molecule has 1 aliphatic rings. The van der Waals surface area contributed by atoms with Crippen LogP contribution in [0.5, 0.6) is 0 Å². The zero-order valence-corrected chi connectivity index (χ0v) is 5.67. The summed E-state index contributed by atoms with van der Waals surface area (Å²) in [4.78, 5) is 0. The van der Waals surface area contributed by atoms with E-state index in [1.54, 1.807) is 6.26 Å². The third-order valence-corrected chi connectivity index (χ3v) is 1.25. The van der Waals surface area contributed by atoms with Gasteiger partial charge in [-0.15, -0.1) is 0 Å². The molecule has 2 nitrogen and oxygen atoms in total. The Morgan fingerprint density at radius 3 is 3.22 bits per heavy atom. The fourth-order valence-electron chi connectivity index (χ4n) is 0.820. The second-order valence-corrected chi connectivity index (χ2v) is 1.97. The SMILES string of the molecule is CCOC1CCC=CO1. The van der Waals surface area contributed by atoms with Gasteiger partial charge in [0, 0.05) is 13.0 Å². The fraction of sp³-hybridized carbons (Fsp3) is 0.714. The summed E-state index contributed by atoms with van der Waals surface area (Å²) in [6.45, 7) is 2.71. The second-order valence-electron chi connectivity index (χ2n) is 1.97. The maximum atomic E-state index is 5.21. The summed E-state index contributed by atoms with van der Waals surface area (Å²) in [6.07, 6.45) is 5.80. The Morgan fingerprint density at radius 2 is 2.67 bits per heavy atom. The van der Waals surface area contributed by atoms with Crippen LogP contribution in [0.15, 0.2) is 12.3 Å². The maximum absolute atomic E-state index is 5.21. The molecule has 0 N–H and O–H groups in total. The summed E-state index contributed by atoms with van der Waals surface area (Å²) in [5.74, 6) is 0. The molecular weight excluding hydrogens is 116 g/mol. The average Bonchev–Trinajstić information content (AvgIpc) is 1.91. The van der Waals surface area contributed by atoms with Gasteiger partial charge in [0.1, 0.15) is 0 Å². The van der Waals surface area contributed by atoms with Crippen molar-refractivity contribution in [3.8, 4) is 0 Å². The number of hydrogen-bond donors (Lipinski definition) is 0. The lowest BCUT2D eigenvalue weighted by atomic mass is 10.3. The van der Waals surface area contributed by atoms with Gasteiger partial charge < -0.3 is 9.47 Å². The molecule has 0 saturated carbocycles. The minimum Gasteiger partial charge on any atom is -0.473 e. The molecule has 0 bridgehead atoms. The van der Waals surface area contributed by atoms with Crippen LogP contribution in [0.2, 0.25) is 0 Å². The molecule has 0 saturated heterocycles. The Labute approximate surface area is 55.5 Å². The van der Waals surface area contributed by atoms with Gasteiger partial charge in [-0.1, -0.05) is 0 Å². The van der Waals surface area contributed by atoms with Crippen molar-refractivity contribution in [2.75, 3.05) is 6.61 Å². The first kappa shape index (κ1) is 6.62. The van der Waals surface area contributed by atoms with E-state index in [1.165, 1.54) is 0 Å². The highest BCUT2D eigenvalue weighted by atomic mass is 16.7. The number of rotatable bonds is 2. The van der Waals surface area contributed by atoms with E-state index < -0.39 is 0 Å². The molecule has 52 valence electrons. The van der Waals surface area contributed by atoms with Gasteiger partial charge in [-0.05, 0) is 19.4 Å². The summed E-state index contributed by atoms with van der Waals surface area (Å²) in [5, 5.41) is 0. The zero-order chi connectivity index (χ0) is 6.53. The van der Waals surface area contributed by atoms with Crippen LogP contribution in [0.1, 0.15) is 19.8 Å². The minimum atomic E-state index is 0.0139. The Kier molecular flexibility index (Phi) is 2.58. The van der Waals surface area contributed by atoms with Gasteiger partial charge in [0.25, 0.3) is 0 Å². The number of ether oxygens (including phenoxy) is 2. The molecule has 1 heterocycles. The molecule has 0 aromatic rings. The topological polar surface area (TPSA) is 18.5 Å². The van der Waals surface area contributed by atoms with Crippen LogP contribution in [-0.4, -0.2) is 12.9 Å². The molecule has 0 aromatic carbocycles. The molecule has 0 aliphatic carbocycles. The van der Waals surface area contributed by atoms with Crippen LogP contribution < -0.4 is 0 Å². The molecule has 0 fully saturated rings. The van der Waals surface area contributed by atoms with E-state index in [1.807, 2.05) is 13.0 Å². The Bertz CT molecular complexity index is 99.1. The monoisotopic (exact) mass is 128 g/mol. The Balaban J connectivity index is 2.18. The van der Waals surface area contributed by atoms with Crippen LogP contribution in [-0.2, 0) is 9.47 Å². The summed E-state index contributed by atoms with van der Waals surface area (Å²) >= 11 is 0. The van der Waals surface area contributed by atoms with Crippen LogP contribution in [0.3, 0.4) is 0 Å². The summed E-state index contributed by atoms with van der Waals surface area (Å²) in [5.41, 5.74) is 0. The summed E-state index contributed by atoms with van der Waals surface area (Å²) < 4.78 is 10.3. The molecule has 1 aliphatic heterocycles. The predicted octanol–water partition coefficient (Wildman–Crippen LogP) is 1.67. The van der Waals surface area contributed by atoms with Crippen LogP contribution in [0, 0.1) is 0 Å². The molecule has 0 radical (unpaired) electrons. The lowest BCUT2D eigenvalue weighted by Crippen LogP contribution is -2.16. The predicted molar refractivity (Wildman–Crippen MR) is 34.9 cm³/mol. The number of allylic oxidation sites excluding steroid dienone is 1. The summed E-state index contributed by atoms with van der Waals surface area (Å²) in [6, 6.07) is 0. The van der Waals surface area contributed by atoms with E-state index in [9.17, 15) is 0 Å². The van der Waals surface area contributed by atoms with Crippen molar-refractivity contribution >= 4 is 0 Å². The van der Waals surface area contributed by atoms with Gasteiger partial charge in [0.05, 0.1) is 6.26 Å². The highest BCUT2D eigenvalue weighted by Crippen LogP contribution is 2.10. The van der Waals surface area contributed by atoms with Crippen molar-refractivity contribution < 1.29 is 9.47 Å². The largest absolute Gasteiger partial charge is 0.473 e. The fourth-order valence-corrected chi connectivity index (χ4v) is 0.820. The molecule has 1 atom stereocenters.